The first-order chi connectivity index (χ1) is 4.34. The van der Waals surface area contributed by atoms with Crippen molar-refractivity contribution < 1.29 is 24.3 Å². The van der Waals surface area contributed by atoms with Crippen LogP contribution < -0.4 is 0 Å². The van der Waals surface area contributed by atoms with Crippen LogP contribution >= 0.6 is 0 Å². The van der Waals surface area contributed by atoms with Crippen molar-refractivity contribution in [3.05, 3.63) is 29.8 Å². The normalized spacial score (nSPS) is 9.56. The Hall–Kier alpha value is -0.318. The van der Waals surface area contributed by atoms with Gasteiger partial charge in [-0.05, 0) is 0 Å². The number of phenols is 1. The van der Waals surface area contributed by atoms with Crippen LogP contribution in [-0.4, -0.2) is 5.11 Å². The average molecular weight is 214 g/mol. The summed E-state index contributed by atoms with van der Waals surface area (Å²) in [7, 11) is 0. The number of para-hydroxylation sites is 1. The number of hydrogen-bond acceptors (Lipinski definition) is 1. The molecule has 0 atom stereocenters. The number of rotatable bonds is 1. The van der Waals surface area contributed by atoms with Gasteiger partial charge in [-0.2, -0.15) is 0 Å². The summed E-state index contributed by atoms with van der Waals surface area (Å²) in [6.45, 7) is 0. The van der Waals surface area contributed by atoms with Crippen LogP contribution in [0.3, 0.4) is 0 Å². The van der Waals surface area contributed by atoms with E-state index in [4.69, 9.17) is 5.11 Å². The SMILES string of the molecule is Oc1ccccc1[CH2][Pd]. The molecule has 0 saturated carbocycles. The molecule has 0 aliphatic rings. The zero-order valence-electron chi connectivity index (χ0n) is 4.78. The van der Waals surface area contributed by atoms with Crippen molar-refractivity contribution in [2.45, 2.75) is 4.89 Å². The molecule has 1 N–H and O–H groups in total. The topological polar surface area (TPSA) is 20.2 Å². The minimum absolute atomic E-state index is 0.365. The van der Waals surface area contributed by atoms with Gasteiger partial charge in [0, 0.05) is 0 Å². The summed E-state index contributed by atoms with van der Waals surface area (Å²) in [5.74, 6) is 0.365. The summed E-state index contributed by atoms with van der Waals surface area (Å²) < 4.78 is 0. The molecule has 0 saturated heterocycles. The molecule has 0 fully saturated rings. The predicted octanol–water partition coefficient (Wildman–Crippen LogP) is 1.44. The molecular weight excluding hydrogens is 206 g/mol. The van der Waals surface area contributed by atoms with Gasteiger partial charge in [0.25, 0.3) is 0 Å². The molecule has 51 valence electrons. The van der Waals surface area contributed by atoms with Gasteiger partial charge in [-0.25, -0.2) is 0 Å². The van der Waals surface area contributed by atoms with Gasteiger partial charge in [-0.3, -0.25) is 0 Å². The second kappa shape index (κ2) is 3.01. The van der Waals surface area contributed by atoms with Crippen molar-refractivity contribution in [1.82, 2.24) is 0 Å². The van der Waals surface area contributed by atoms with E-state index in [9.17, 15) is 0 Å². The van der Waals surface area contributed by atoms with Crippen LogP contribution in [-0.2, 0) is 24.1 Å². The first-order valence-electron chi connectivity index (χ1n) is 2.63. The molecule has 0 radical (unpaired) electrons. The van der Waals surface area contributed by atoms with Gasteiger partial charge < -0.3 is 0 Å². The van der Waals surface area contributed by atoms with E-state index in [-0.39, 0.29) is 0 Å². The van der Waals surface area contributed by atoms with E-state index in [1.54, 1.807) is 6.07 Å². The molecule has 1 aromatic carbocycles. The van der Waals surface area contributed by atoms with Gasteiger partial charge >= 0.3 is 64.8 Å². The zero-order valence-corrected chi connectivity index (χ0v) is 6.33. The molecule has 0 unspecified atom stereocenters. The van der Waals surface area contributed by atoms with Crippen LogP contribution in [0.4, 0.5) is 0 Å². The molecule has 0 heterocycles. The maximum atomic E-state index is 9.09. The Morgan fingerprint density at radius 3 is 2.44 bits per heavy atom. The fourth-order valence-electron chi connectivity index (χ4n) is 0.605. The molecular formula is C7H7OPd. The Morgan fingerprint density at radius 1 is 1.33 bits per heavy atom. The zero-order chi connectivity index (χ0) is 6.69. The van der Waals surface area contributed by atoms with E-state index in [0.29, 0.717) is 5.75 Å². The molecule has 0 spiro atoms. The summed E-state index contributed by atoms with van der Waals surface area (Å²) in [5.41, 5.74) is 0.945. The Balaban J connectivity index is 3.01. The fourth-order valence-corrected chi connectivity index (χ4v) is 1.07. The molecule has 9 heavy (non-hydrogen) atoms. The fraction of sp³-hybridized carbons (Fsp3) is 0.143. The van der Waals surface area contributed by atoms with Crippen LogP contribution in [0.2, 0.25) is 0 Å². The van der Waals surface area contributed by atoms with E-state index in [1.165, 1.54) is 0 Å². The molecule has 1 nitrogen and oxygen atoms in total. The monoisotopic (exact) mass is 213 g/mol. The summed E-state index contributed by atoms with van der Waals surface area (Å²) in [6.07, 6.45) is 0. The van der Waals surface area contributed by atoms with Crippen LogP contribution in [0.1, 0.15) is 5.56 Å². The molecule has 2 heteroatoms. The molecule has 0 bridgehead atoms. The molecule has 1 aromatic rings. The van der Waals surface area contributed by atoms with Crippen molar-refractivity contribution in [1.29, 1.82) is 0 Å². The summed E-state index contributed by atoms with van der Waals surface area (Å²) in [6, 6.07) is 7.29. The van der Waals surface area contributed by atoms with E-state index in [0.717, 1.165) is 10.5 Å². The first kappa shape index (κ1) is 6.80. The van der Waals surface area contributed by atoms with Crippen molar-refractivity contribution in [2.24, 2.45) is 0 Å². The van der Waals surface area contributed by atoms with Gasteiger partial charge in [-0.1, -0.05) is 0 Å². The quantitative estimate of drug-likeness (QED) is 0.700. The molecule has 0 amide bonds. The first-order valence-corrected chi connectivity index (χ1v) is 3.73. The van der Waals surface area contributed by atoms with Crippen LogP contribution in [0.15, 0.2) is 24.3 Å². The van der Waals surface area contributed by atoms with Crippen molar-refractivity contribution in [3.63, 3.8) is 0 Å². The summed E-state index contributed by atoms with van der Waals surface area (Å²) in [5, 5.41) is 9.09. The van der Waals surface area contributed by atoms with E-state index >= 15 is 0 Å². The Bertz CT molecular complexity index is 198. The number of aromatic hydroxyl groups is 1. The predicted molar refractivity (Wildman–Crippen MR) is 31.8 cm³/mol. The third-order valence-electron chi connectivity index (χ3n) is 1.11. The number of benzene rings is 1. The molecule has 1 rings (SSSR count). The third-order valence-corrected chi connectivity index (χ3v) is 1.70. The standard InChI is InChI=1S/C7H7O.Pd/c1-6-4-2-3-5-7(6)8;/h2-5,8H,1H2;. The Kier molecular flexibility index (Phi) is 2.27. The Labute approximate surface area is 65.1 Å². The second-order valence-electron chi connectivity index (χ2n) is 1.74. The molecule has 0 aliphatic heterocycles. The summed E-state index contributed by atoms with van der Waals surface area (Å²) in [4.78, 5) is 0.746. The van der Waals surface area contributed by atoms with Gasteiger partial charge in [0.05, 0.1) is 0 Å². The van der Waals surface area contributed by atoms with E-state index in [1.807, 2.05) is 18.2 Å². The van der Waals surface area contributed by atoms with Crippen LogP contribution in [0.5, 0.6) is 5.75 Å². The maximum absolute atomic E-state index is 9.09. The van der Waals surface area contributed by atoms with E-state index < -0.39 is 0 Å². The molecule has 0 aromatic heterocycles. The van der Waals surface area contributed by atoms with Crippen molar-refractivity contribution in [2.75, 3.05) is 0 Å². The average Bonchev–Trinajstić information content (AvgIpc) is 1.89. The summed E-state index contributed by atoms with van der Waals surface area (Å²) >= 11 is 3.00. The van der Waals surface area contributed by atoms with Gasteiger partial charge in [0.2, 0.25) is 0 Å². The van der Waals surface area contributed by atoms with Gasteiger partial charge in [-0.15, -0.1) is 0 Å². The van der Waals surface area contributed by atoms with Crippen LogP contribution in [0, 0.1) is 0 Å². The van der Waals surface area contributed by atoms with Gasteiger partial charge in [0.15, 0.2) is 0 Å². The number of hydrogen-bond donors (Lipinski definition) is 1. The van der Waals surface area contributed by atoms with E-state index in [2.05, 4.69) is 19.2 Å². The number of phenolic OH excluding ortho intramolecular Hbond substituents is 1. The second-order valence-corrected chi connectivity index (χ2v) is 2.29. The van der Waals surface area contributed by atoms with Crippen molar-refractivity contribution in [3.8, 4) is 5.75 Å². The molecule has 0 aliphatic carbocycles. The third kappa shape index (κ3) is 1.54. The van der Waals surface area contributed by atoms with Gasteiger partial charge in [0.1, 0.15) is 0 Å². The Morgan fingerprint density at radius 2 is 2.00 bits per heavy atom. The van der Waals surface area contributed by atoms with Crippen molar-refractivity contribution >= 4 is 0 Å². The minimum atomic E-state index is 0.365. The van der Waals surface area contributed by atoms with Crippen LogP contribution in [0.25, 0.3) is 0 Å².